The topological polar surface area (TPSA) is 237 Å². The number of ether oxygens (including phenoxy) is 4. The molecular formula is C85H132O17P2. The van der Waals surface area contributed by atoms with E-state index < -0.39 is 97.5 Å². The molecule has 0 aliphatic heterocycles. The Bertz CT molecular complexity index is 2790. The van der Waals surface area contributed by atoms with Gasteiger partial charge in [0.25, 0.3) is 0 Å². The van der Waals surface area contributed by atoms with E-state index >= 15 is 0 Å². The summed E-state index contributed by atoms with van der Waals surface area (Å²) < 4.78 is 68.2. The molecule has 0 saturated heterocycles. The van der Waals surface area contributed by atoms with E-state index in [0.29, 0.717) is 32.1 Å². The van der Waals surface area contributed by atoms with Crippen molar-refractivity contribution < 1.29 is 80.2 Å². The molecule has 0 aliphatic rings. The number of rotatable bonds is 69. The van der Waals surface area contributed by atoms with E-state index in [9.17, 15) is 43.2 Å². The Hall–Kier alpha value is -6.36. The summed E-state index contributed by atoms with van der Waals surface area (Å²) in [7, 11) is -10.0. The molecule has 0 fully saturated rings. The van der Waals surface area contributed by atoms with Crippen LogP contribution < -0.4 is 0 Å². The summed E-state index contributed by atoms with van der Waals surface area (Å²) in [4.78, 5) is 72.8. The summed E-state index contributed by atoms with van der Waals surface area (Å²) in [6.45, 7) is 4.15. The first-order chi connectivity index (χ1) is 50.7. The number of allylic oxidation sites excluding steroid dienone is 32. The van der Waals surface area contributed by atoms with Gasteiger partial charge in [-0.2, -0.15) is 0 Å². The second-order valence-electron chi connectivity index (χ2n) is 24.5. The van der Waals surface area contributed by atoms with E-state index in [-0.39, 0.29) is 25.7 Å². The van der Waals surface area contributed by atoms with E-state index in [1.165, 1.54) is 19.3 Å². The fourth-order valence-electron chi connectivity index (χ4n) is 9.07. The molecule has 584 valence electrons. The third-order valence-electron chi connectivity index (χ3n) is 14.8. The quantitative estimate of drug-likeness (QED) is 0.0169. The zero-order valence-corrected chi connectivity index (χ0v) is 65.4. The molecule has 104 heavy (non-hydrogen) atoms. The summed E-state index contributed by atoms with van der Waals surface area (Å²) in [6.07, 6.45) is 93.2. The Morgan fingerprint density at radius 3 is 0.913 bits per heavy atom. The highest BCUT2D eigenvalue weighted by Crippen LogP contribution is 2.45. The third-order valence-corrected chi connectivity index (χ3v) is 16.7. The molecule has 5 unspecified atom stereocenters. The van der Waals surface area contributed by atoms with Crippen LogP contribution in [0.5, 0.6) is 0 Å². The van der Waals surface area contributed by atoms with E-state index in [0.717, 1.165) is 141 Å². The smallest absolute Gasteiger partial charge is 0.462 e. The van der Waals surface area contributed by atoms with Crippen LogP contribution in [-0.4, -0.2) is 96.7 Å². The molecule has 17 nitrogen and oxygen atoms in total. The van der Waals surface area contributed by atoms with Gasteiger partial charge in [-0.25, -0.2) is 9.13 Å². The number of esters is 4. The number of hydrogen-bond donors (Lipinski definition) is 3. The zero-order chi connectivity index (χ0) is 76.0. The molecule has 5 atom stereocenters. The molecule has 0 bridgehead atoms. The Morgan fingerprint density at radius 2 is 0.548 bits per heavy atom. The molecule has 0 aromatic carbocycles. The highest BCUT2D eigenvalue weighted by Gasteiger charge is 2.30. The van der Waals surface area contributed by atoms with Crippen molar-refractivity contribution >= 4 is 39.5 Å². The van der Waals surface area contributed by atoms with Gasteiger partial charge in [0.2, 0.25) is 0 Å². The molecular weight excluding hydrogens is 1350 g/mol. The number of carbonyl (C=O) groups excluding carboxylic acids is 4. The van der Waals surface area contributed by atoms with Crippen molar-refractivity contribution in [1.29, 1.82) is 0 Å². The van der Waals surface area contributed by atoms with Crippen molar-refractivity contribution in [3.8, 4) is 0 Å². The van der Waals surface area contributed by atoms with Gasteiger partial charge in [-0.15, -0.1) is 0 Å². The fraction of sp³-hybridized carbons (Fsp3) is 0.553. The van der Waals surface area contributed by atoms with Gasteiger partial charge >= 0.3 is 39.5 Å². The largest absolute Gasteiger partial charge is 0.472 e. The van der Waals surface area contributed by atoms with Crippen molar-refractivity contribution in [2.45, 2.75) is 264 Å². The Kier molecular flexibility index (Phi) is 70.3. The van der Waals surface area contributed by atoms with Gasteiger partial charge in [0.15, 0.2) is 12.2 Å². The van der Waals surface area contributed by atoms with Crippen LogP contribution in [0.1, 0.15) is 246 Å². The Morgan fingerprint density at radius 1 is 0.288 bits per heavy atom. The van der Waals surface area contributed by atoms with E-state index in [1.807, 2.05) is 36.5 Å². The van der Waals surface area contributed by atoms with E-state index in [1.54, 1.807) is 18.2 Å². The summed E-state index contributed by atoms with van der Waals surface area (Å²) >= 11 is 0. The summed E-state index contributed by atoms with van der Waals surface area (Å²) in [5.41, 5.74) is 0. The molecule has 0 amide bonds. The van der Waals surface area contributed by atoms with Crippen LogP contribution in [0, 0.1) is 0 Å². The normalized spacial score (nSPS) is 15.0. The fourth-order valence-corrected chi connectivity index (χ4v) is 10.6. The second-order valence-corrected chi connectivity index (χ2v) is 27.4. The minimum absolute atomic E-state index is 0.0115. The first-order valence-corrected chi connectivity index (χ1v) is 41.3. The summed E-state index contributed by atoms with van der Waals surface area (Å²) in [5, 5.41) is 10.6. The minimum atomic E-state index is -5.03. The van der Waals surface area contributed by atoms with Crippen molar-refractivity contribution in [3.05, 3.63) is 207 Å². The molecule has 0 rings (SSSR count). The average Bonchev–Trinajstić information content (AvgIpc) is 0.912. The molecule has 0 aliphatic carbocycles. The monoisotopic (exact) mass is 1490 g/mol. The lowest BCUT2D eigenvalue weighted by atomic mass is 10.1. The number of phosphoric ester groups is 2. The molecule has 3 N–H and O–H groups in total. The number of aliphatic hydroxyl groups is 1. The van der Waals surface area contributed by atoms with Crippen LogP contribution in [0.3, 0.4) is 0 Å². The molecule has 0 heterocycles. The van der Waals surface area contributed by atoms with Gasteiger partial charge in [0.05, 0.1) is 39.3 Å². The van der Waals surface area contributed by atoms with Gasteiger partial charge in [-0.1, -0.05) is 273 Å². The molecule has 0 saturated carbocycles. The van der Waals surface area contributed by atoms with Crippen LogP contribution in [0.2, 0.25) is 0 Å². The molecule has 0 radical (unpaired) electrons. The highest BCUT2D eigenvalue weighted by atomic mass is 31.2. The van der Waals surface area contributed by atoms with E-state index in [4.69, 9.17) is 37.0 Å². The lowest BCUT2D eigenvalue weighted by Crippen LogP contribution is -2.30. The van der Waals surface area contributed by atoms with Crippen LogP contribution >= 0.6 is 15.6 Å². The second kappa shape index (κ2) is 74.9. The summed E-state index contributed by atoms with van der Waals surface area (Å²) in [6, 6.07) is 0. The maximum absolute atomic E-state index is 13.1. The van der Waals surface area contributed by atoms with Crippen molar-refractivity contribution in [3.63, 3.8) is 0 Å². The third kappa shape index (κ3) is 73.9. The standard InChI is InChI=1S/C85H132O17P2/c1-5-9-13-17-21-25-29-33-37-38-39-40-44-46-50-54-58-62-66-70-83(88)96-76-81(102-85(90)72-68-64-60-56-52-48-43-36-32-28-24-20-16-12-8-4)78-100-104(93,94)98-74-79(86)73-97-103(91,92)99-77-80(101-84(89)71-67-63-59-55-51-47-42-35-31-27-23-19-15-11-7-3)75-95-82(87)69-65-61-57-53-49-45-41-34-30-26-22-18-14-10-6-2/h10-12,14-16,21-28,33-37,39-43,49,51-53,55-56,61,64-65,68,79-81,86H,5-9,13,17-20,29-32,38,44-48,50,54,57-60,62-63,66-67,69-78H2,1-4H3,(H,91,92)(H,93,94)/b14-10-,15-11-,16-12-,25-21-,26-22-,27-23-,28-24-,37-33-,40-39-,41-34-,42-35-,43-36-,53-49-,55-51-,56-52-,65-61-,68-64-. The van der Waals surface area contributed by atoms with Gasteiger partial charge in [-0.3, -0.25) is 37.3 Å². The lowest BCUT2D eigenvalue weighted by Gasteiger charge is -2.21. The van der Waals surface area contributed by atoms with Crippen LogP contribution in [0.4, 0.5) is 0 Å². The Balaban J connectivity index is 5.56. The van der Waals surface area contributed by atoms with Crippen molar-refractivity contribution in [2.24, 2.45) is 0 Å². The van der Waals surface area contributed by atoms with Gasteiger partial charge < -0.3 is 33.8 Å². The predicted molar refractivity (Wildman–Crippen MR) is 426 cm³/mol. The van der Waals surface area contributed by atoms with Crippen LogP contribution in [0.15, 0.2) is 207 Å². The number of aliphatic hydroxyl groups excluding tert-OH is 1. The van der Waals surface area contributed by atoms with Gasteiger partial charge in [-0.05, 0) is 154 Å². The number of phosphoric acid groups is 2. The maximum Gasteiger partial charge on any atom is 0.472 e. The molecule has 0 spiro atoms. The lowest BCUT2D eigenvalue weighted by molar-refractivity contribution is -0.160. The van der Waals surface area contributed by atoms with Gasteiger partial charge in [0, 0.05) is 12.8 Å². The zero-order valence-electron chi connectivity index (χ0n) is 63.6. The number of carbonyl (C=O) groups is 4. The Labute approximate surface area is 627 Å². The minimum Gasteiger partial charge on any atom is -0.462 e. The first kappa shape index (κ1) is 97.6. The SMILES string of the molecule is CC/C=C\C/C=C\C/C=C\C/C=C\C/C=C\CC(=O)OCC(COP(=O)(O)OCC(O)COP(=O)(O)OCC(COC(=O)CCCCCCCC/C=C\C/C=C\C/C=C\CCCCC)OC(=O)C/C=C\C/C=C\C/C=C\C/C=C\C/C=C\CC)OC(=O)CCCC/C=C\C/C=C\C/C=C\C/C=C\CC. The highest BCUT2D eigenvalue weighted by molar-refractivity contribution is 7.47. The number of unbranched alkanes of at least 4 members (excludes halogenated alkanes) is 11. The predicted octanol–water partition coefficient (Wildman–Crippen LogP) is 22.3. The maximum atomic E-state index is 13.1. The van der Waals surface area contributed by atoms with Crippen LogP contribution in [0.25, 0.3) is 0 Å². The van der Waals surface area contributed by atoms with Crippen molar-refractivity contribution in [1.82, 2.24) is 0 Å². The van der Waals surface area contributed by atoms with E-state index in [2.05, 4.69) is 180 Å². The first-order valence-electron chi connectivity index (χ1n) is 38.3. The molecule has 19 heteroatoms. The van der Waals surface area contributed by atoms with Gasteiger partial charge in [0.1, 0.15) is 19.3 Å². The number of hydrogen-bond acceptors (Lipinski definition) is 15. The molecule has 0 aromatic heterocycles. The average molecular weight is 1490 g/mol. The van der Waals surface area contributed by atoms with Crippen molar-refractivity contribution in [2.75, 3.05) is 39.6 Å². The van der Waals surface area contributed by atoms with Crippen LogP contribution in [-0.2, 0) is 65.4 Å². The summed E-state index contributed by atoms with van der Waals surface area (Å²) in [5.74, 6) is -2.56. The molecule has 0 aromatic rings.